The first-order valence-corrected chi connectivity index (χ1v) is 11.3. The summed E-state index contributed by atoms with van der Waals surface area (Å²) in [6, 6.07) is 25.6. The molecule has 1 atom stereocenters. The molecule has 0 bridgehead atoms. The van der Waals surface area contributed by atoms with E-state index in [4.69, 9.17) is 9.47 Å². The maximum absolute atomic E-state index is 10.4. The Morgan fingerprint density at radius 2 is 1.62 bits per heavy atom. The number of para-hydroxylation sites is 2. The molecule has 0 amide bonds. The van der Waals surface area contributed by atoms with Crippen LogP contribution in [0.2, 0.25) is 0 Å². The van der Waals surface area contributed by atoms with Gasteiger partial charge in [-0.25, -0.2) is 0 Å². The number of thioether (sulfide) groups is 1. The summed E-state index contributed by atoms with van der Waals surface area (Å²) >= 11 is 1.36. The van der Waals surface area contributed by atoms with Gasteiger partial charge in [0.05, 0.1) is 12.7 Å². The minimum Gasteiger partial charge on any atom is -0.492 e. The molecule has 0 saturated heterocycles. The van der Waals surface area contributed by atoms with Crippen molar-refractivity contribution in [2.75, 3.05) is 19.0 Å². The largest absolute Gasteiger partial charge is 0.492 e. The second-order valence-electron chi connectivity index (χ2n) is 6.94. The number of hydrogen-bond donors (Lipinski definition) is 1. The molecule has 8 heteroatoms. The Hall–Kier alpha value is -3.36. The topological polar surface area (TPSA) is 82.3 Å². The second-order valence-corrected chi connectivity index (χ2v) is 7.93. The molecule has 1 N–H and O–H groups in total. The highest BCUT2D eigenvalue weighted by Crippen LogP contribution is 2.26. The Labute approximate surface area is 191 Å². The van der Waals surface area contributed by atoms with Crippen molar-refractivity contribution < 1.29 is 14.6 Å². The van der Waals surface area contributed by atoms with E-state index in [0.29, 0.717) is 29.0 Å². The van der Waals surface area contributed by atoms with E-state index in [0.717, 1.165) is 16.8 Å². The van der Waals surface area contributed by atoms with E-state index in [-0.39, 0.29) is 6.61 Å². The third-order valence-corrected chi connectivity index (χ3v) is 5.71. The molecule has 3 aromatic carbocycles. The summed E-state index contributed by atoms with van der Waals surface area (Å²) in [4.78, 5) is 0. The van der Waals surface area contributed by atoms with Gasteiger partial charge in [0.2, 0.25) is 5.16 Å². The minimum atomic E-state index is -0.680. The zero-order valence-corrected chi connectivity index (χ0v) is 18.5. The van der Waals surface area contributed by atoms with Crippen molar-refractivity contribution in [3.05, 3.63) is 78.9 Å². The van der Waals surface area contributed by atoms with Crippen molar-refractivity contribution in [1.29, 1.82) is 0 Å². The van der Waals surface area contributed by atoms with Crippen molar-refractivity contribution in [3.8, 4) is 28.3 Å². The molecule has 1 aromatic heterocycles. The quantitative estimate of drug-likeness (QED) is 0.363. The number of aliphatic hydroxyl groups excluding tert-OH is 1. The molecule has 164 valence electrons. The van der Waals surface area contributed by atoms with Crippen molar-refractivity contribution in [2.45, 2.75) is 18.2 Å². The molecule has 0 radical (unpaired) electrons. The third kappa shape index (κ3) is 5.46. The van der Waals surface area contributed by atoms with E-state index in [2.05, 4.69) is 27.7 Å². The molecule has 1 unspecified atom stereocenters. The Morgan fingerprint density at radius 3 is 2.41 bits per heavy atom. The van der Waals surface area contributed by atoms with Crippen LogP contribution in [0, 0.1) is 0 Å². The van der Waals surface area contributed by atoms with E-state index in [1.165, 1.54) is 11.8 Å². The molecule has 7 nitrogen and oxygen atoms in total. The van der Waals surface area contributed by atoms with Crippen LogP contribution in [0.15, 0.2) is 84.0 Å². The summed E-state index contributed by atoms with van der Waals surface area (Å²) in [6.07, 6.45) is -0.680. The molecule has 0 fully saturated rings. The zero-order chi connectivity index (χ0) is 22.2. The molecule has 0 spiro atoms. The van der Waals surface area contributed by atoms with Crippen molar-refractivity contribution in [2.24, 2.45) is 0 Å². The van der Waals surface area contributed by atoms with Gasteiger partial charge < -0.3 is 14.6 Å². The van der Waals surface area contributed by atoms with Gasteiger partial charge in [-0.15, -0.1) is 5.10 Å². The standard InChI is InChI=1S/C24H24N4O3S/c1-2-30-23-11-7-6-10-22(23)28-24(25-26-27-28)32-17-20(29)16-31-21-14-12-19(13-15-21)18-8-4-3-5-9-18/h3-15,20,29H,2,16-17H2,1H3. The fraction of sp³-hybridized carbons (Fsp3) is 0.208. The molecule has 4 aromatic rings. The lowest BCUT2D eigenvalue weighted by Gasteiger charge is -2.13. The normalized spacial score (nSPS) is 11.8. The van der Waals surface area contributed by atoms with Crippen LogP contribution in [0.25, 0.3) is 16.8 Å². The van der Waals surface area contributed by atoms with Crippen LogP contribution in [0.5, 0.6) is 11.5 Å². The summed E-state index contributed by atoms with van der Waals surface area (Å²) in [6.45, 7) is 2.65. The summed E-state index contributed by atoms with van der Waals surface area (Å²) in [7, 11) is 0. The van der Waals surface area contributed by atoms with Gasteiger partial charge >= 0.3 is 0 Å². The molecule has 0 aliphatic rings. The molecule has 1 heterocycles. The molecule has 0 aliphatic heterocycles. The van der Waals surface area contributed by atoms with E-state index in [1.54, 1.807) is 4.68 Å². The lowest BCUT2D eigenvalue weighted by atomic mass is 10.1. The number of benzene rings is 3. The number of nitrogens with zero attached hydrogens (tertiary/aromatic N) is 4. The Bertz CT molecular complexity index is 1120. The SMILES string of the molecule is CCOc1ccccc1-n1nnnc1SCC(O)COc1ccc(-c2ccccc2)cc1. The summed E-state index contributed by atoms with van der Waals surface area (Å²) in [5, 5.41) is 22.9. The summed E-state index contributed by atoms with van der Waals surface area (Å²) in [5.74, 6) is 1.80. The van der Waals surface area contributed by atoms with Crippen molar-refractivity contribution >= 4 is 11.8 Å². The Kier molecular flexibility index (Phi) is 7.37. The lowest BCUT2D eigenvalue weighted by Crippen LogP contribution is -2.20. The molecular weight excluding hydrogens is 424 g/mol. The highest BCUT2D eigenvalue weighted by atomic mass is 32.2. The van der Waals surface area contributed by atoms with E-state index >= 15 is 0 Å². The average molecular weight is 449 g/mol. The number of hydrogen-bond acceptors (Lipinski definition) is 7. The fourth-order valence-corrected chi connectivity index (χ4v) is 3.90. The molecule has 32 heavy (non-hydrogen) atoms. The maximum Gasteiger partial charge on any atom is 0.214 e. The predicted molar refractivity (Wildman–Crippen MR) is 124 cm³/mol. The number of tetrazole rings is 1. The number of aliphatic hydroxyl groups is 1. The van der Waals surface area contributed by atoms with Crippen molar-refractivity contribution in [3.63, 3.8) is 0 Å². The van der Waals surface area contributed by atoms with Crippen molar-refractivity contribution in [1.82, 2.24) is 20.2 Å². The number of aromatic nitrogens is 4. The van der Waals surface area contributed by atoms with Gasteiger partial charge in [-0.3, -0.25) is 0 Å². The second kappa shape index (κ2) is 10.8. The minimum absolute atomic E-state index is 0.175. The van der Waals surface area contributed by atoms with E-state index in [9.17, 15) is 5.11 Å². The van der Waals surface area contributed by atoms with Crippen LogP contribution in [0.1, 0.15) is 6.92 Å². The van der Waals surface area contributed by atoms with Gasteiger partial charge in [-0.1, -0.05) is 66.4 Å². The first-order valence-electron chi connectivity index (χ1n) is 10.3. The van der Waals surface area contributed by atoms with Gasteiger partial charge in [0.1, 0.15) is 23.8 Å². The van der Waals surface area contributed by atoms with Crippen LogP contribution in [0.3, 0.4) is 0 Å². The molecule has 0 saturated carbocycles. The van der Waals surface area contributed by atoms with Gasteiger partial charge in [0, 0.05) is 5.75 Å². The predicted octanol–water partition coefficient (Wildman–Crippen LogP) is 4.26. The van der Waals surface area contributed by atoms with Gasteiger partial charge in [0.15, 0.2) is 0 Å². The first-order chi connectivity index (χ1) is 15.7. The monoisotopic (exact) mass is 448 g/mol. The smallest absolute Gasteiger partial charge is 0.214 e. The van der Waals surface area contributed by atoms with E-state index < -0.39 is 6.10 Å². The highest BCUT2D eigenvalue weighted by molar-refractivity contribution is 7.99. The van der Waals surface area contributed by atoms with Crippen LogP contribution < -0.4 is 9.47 Å². The number of rotatable bonds is 10. The Morgan fingerprint density at radius 1 is 0.906 bits per heavy atom. The zero-order valence-electron chi connectivity index (χ0n) is 17.7. The lowest BCUT2D eigenvalue weighted by molar-refractivity contribution is 0.126. The van der Waals surface area contributed by atoms with Gasteiger partial charge in [-0.2, -0.15) is 4.68 Å². The maximum atomic E-state index is 10.4. The third-order valence-electron chi connectivity index (χ3n) is 4.64. The van der Waals surface area contributed by atoms with Crippen LogP contribution in [-0.2, 0) is 0 Å². The highest BCUT2D eigenvalue weighted by Gasteiger charge is 2.15. The van der Waals surface area contributed by atoms with Crippen LogP contribution in [-0.4, -0.2) is 50.4 Å². The first kappa shape index (κ1) is 21.9. The summed E-state index contributed by atoms with van der Waals surface area (Å²) in [5.41, 5.74) is 3.03. The molecule has 4 rings (SSSR count). The average Bonchev–Trinajstić information content (AvgIpc) is 3.31. The number of ether oxygens (including phenoxy) is 2. The Balaban J connectivity index is 1.32. The fourth-order valence-electron chi connectivity index (χ4n) is 3.12. The van der Waals surface area contributed by atoms with Crippen LogP contribution in [0.4, 0.5) is 0 Å². The molecular formula is C24H24N4O3S. The van der Waals surface area contributed by atoms with Crippen LogP contribution >= 0.6 is 11.8 Å². The summed E-state index contributed by atoms with van der Waals surface area (Å²) < 4.78 is 13.0. The van der Waals surface area contributed by atoms with Gasteiger partial charge in [-0.05, 0) is 52.7 Å². The van der Waals surface area contributed by atoms with Gasteiger partial charge in [0.25, 0.3) is 0 Å². The molecule has 0 aliphatic carbocycles. The van der Waals surface area contributed by atoms with E-state index in [1.807, 2.05) is 73.7 Å².